The lowest BCUT2D eigenvalue weighted by Crippen LogP contribution is -2.41. The molecule has 0 bridgehead atoms. The Hall–Kier alpha value is -0.610. The van der Waals surface area contributed by atoms with Gasteiger partial charge in [0.2, 0.25) is 5.91 Å². The van der Waals surface area contributed by atoms with Gasteiger partial charge in [-0.2, -0.15) is 0 Å². The van der Waals surface area contributed by atoms with Crippen LogP contribution in [0.4, 0.5) is 0 Å². The number of carbonyl (C=O) groups excluding carboxylic acids is 1. The molecule has 4 nitrogen and oxygen atoms in total. The van der Waals surface area contributed by atoms with E-state index in [1.54, 1.807) is 0 Å². The van der Waals surface area contributed by atoms with E-state index in [1.165, 1.54) is 0 Å². The SMILES string of the molecule is CCCC(N)C(=O)NCCCN(C)C. The minimum Gasteiger partial charge on any atom is -0.355 e. The third kappa shape index (κ3) is 6.86. The normalized spacial score (nSPS) is 12.9. The predicted molar refractivity (Wildman–Crippen MR) is 59.1 cm³/mol. The lowest BCUT2D eigenvalue weighted by molar-refractivity contribution is -0.122. The van der Waals surface area contributed by atoms with Gasteiger partial charge in [-0.15, -0.1) is 0 Å². The molecular weight excluding hydrogens is 178 g/mol. The van der Waals surface area contributed by atoms with Crippen LogP contribution in [-0.4, -0.2) is 44.0 Å². The number of hydrogen-bond acceptors (Lipinski definition) is 3. The van der Waals surface area contributed by atoms with Crippen LogP contribution in [0.2, 0.25) is 0 Å². The van der Waals surface area contributed by atoms with Gasteiger partial charge in [-0.05, 0) is 33.5 Å². The van der Waals surface area contributed by atoms with E-state index >= 15 is 0 Å². The van der Waals surface area contributed by atoms with Gasteiger partial charge in [-0.3, -0.25) is 4.79 Å². The molecule has 0 aromatic heterocycles. The van der Waals surface area contributed by atoms with Crippen LogP contribution in [0.3, 0.4) is 0 Å². The number of nitrogens with zero attached hydrogens (tertiary/aromatic N) is 1. The summed E-state index contributed by atoms with van der Waals surface area (Å²) >= 11 is 0. The fourth-order valence-corrected chi connectivity index (χ4v) is 1.18. The third-order valence-corrected chi connectivity index (χ3v) is 2.02. The van der Waals surface area contributed by atoms with E-state index < -0.39 is 0 Å². The fraction of sp³-hybridized carbons (Fsp3) is 0.900. The van der Waals surface area contributed by atoms with E-state index in [0.717, 1.165) is 25.8 Å². The molecule has 0 heterocycles. The Morgan fingerprint density at radius 3 is 2.64 bits per heavy atom. The fourth-order valence-electron chi connectivity index (χ4n) is 1.18. The zero-order valence-corrected chi connectivity index (χ0v) is 9.55. The second-order valence-electron chi connectivity index (χ2n) is 3.84. The van der Waals surface area contributed by atoms with Gasteiger partial charge < -0.3 is 16.0 Å². The average molecular weight is 201 g/mol. The number of nitrogens with two attached hydrogens (primary N) is 1. The van der Waals surface area contributed by atoms with E-state index in [9.17, 15) is 4.79 Å². The molecule has 3 N–H and O–H groups in total. The maximum absolute atomic E-state index is 11.3. The van der Waals surface area contributed by atoms with Crippen molar-refractivity contribution in [1.29, 1.82) is 0 Å². The van der Waals surface area contributed by atoms with Crippen molar-refractivity contribution in [2.24, 2.45) is 5.73 Å². The van der Waals surface area contributed by atoms with Gasteiger partial charge in [0.15, 0.2) is 0 Å². The molecule has 0 spiro atoms. The second kappa shape index (κ2) is 7.76. The van der Waals surface area contributed by atoms with Crippen LogP contribution < -0.4 is 11.1 Å². The van der Waals surface area contributed by atoms with Gasteiger partial charge in [-0.1, -0.05) is 13.3 Å². The average Bonchev–Trinajstić information content (AvgIpc) is 2.12. The summed E-state index contributed by atoms with van der Waals surface area (Å²) in [4.78, 5) is 13.4. The minimum atomic E-state index is -0.334. The molecule has 0 aromatic carbocycles. The molecule has 84 valence electrons. The van der Waals surface area contributed by atoms with Crippen LogP contribution in [0.5, 0.6) is 0 Å². The van der Waals surface area contributed by atoms with Crippen molar-refractivity contribution in [2.45, 2.75) is 32.2 Å². The Balaban J connectivity index is 3.44. The first-order valence-electron chi connectivity index (χ1n) is 5.26. The molecule has 0 rings (SSSR count). The molecule has 0 saturated carbocycles. The molecule has 0 aromatic rings. The first-order chi connectivity index (χ1) is 6.57. The number of nitrogens with one attached hydrogen (secondary N) is 1. The zero-order valence-electron chi connectivity index (χ0n) is 9.55. The van der Waals surface area contributed by atoms with E-state index in [4.69, 9.17) is 5.73 Å². The number of rotatable bonds is 7. The number of amides is 1. The smallest absolute Gasteiger partial charge is 0.236 e. The Morgan fingerprint density at radius 2 is 2.14 bits per heavy atom. The third-order valence-electron chi connectivity index (χ3n) is 2.02. The molecule has 1 amide bonds. The van der Waals surface area contributed by atoms with Gasteiger partial charge in [-0.25, -0.2) is 0 Å². The van der Waals surface area contributed by atoms with Gasteiger partial charge in [0.05, 0.1) is 6.04 Å². The number of hydrogen-bond donors (Lipinski definition) is 2. The maximum Gasteiger partial charge on any atom is 0.236 e. The van der Waals surface area contributed by atoms with Crippen molar-refractivity contribution < 1.29 is 4.79 Å². The second-order valence-corrected chi connectivity index (χ2v) is 3.84. The molecule has 1 unspecified atom stereocenters. The highest BCUT2D eigenvalue weighted by Crippen LogP contribution is 1.92. The van der Waals surface area contributed by atoms with Crippen LogP contribution >= 0.6 is 0 Å². The largest absolute Gasteiger partial charge is 0.355 e. The van der Waals surface area contributed by atoms with Crippen LogP contribution in [0.1, 0.15) is 26.2 Å². The first kappa shape index (κ1) is 13.4. The van der Waals surface area contributed by atoms with Crippen molar-refractivity contribution >= 4 is 5.91 Å². The van der Waals surface area contributed by atoms with Crippen molar-refractivity contribution in [3.8, 4) is 0 Å². The zero-order chi connectivity index (χ0) is 11.0. The van der Waals surface area contributed by atoms with Gasteiger partial charge >= 0.3 is 0 Å². The van der Waals surface area contributed by atoms with Gasteiger partial charge in [0, 0.05) is 6.54 Å². The van der Waals surface area contributed by atoms with Crippen LogP contribution in [0.15, 0.2) is 0 Å². The molecule has 0 radical (unpaired) electrons. The molecule has 4 heteroatoms. The highest BCUT2D eigenvalue weighted by atomic mass is 16.2. The minimum absolute atomic E-state index is 0.0226. The lowest BCUT2D eigenvalue weighted by Gasteiger charge is -2.12. The Kier molecular flexibility index (Phi) is 7.42. The molecule has 0 aliphatic rings. The van der Waals surface area contributed by atoms with Crippen molar-refractivity contribution in [1.82, 2.24) is 10.2 Å². The molecule has 0 fully saturated rings. The van der Waals surface area contributed by atoms with E-state index in [-0.39, 0.29) is 11.9 Å². The Labute approximate surface area is 86.8 Å². The number of carbonyl (C=O) groups is 1. The maximum atomic E-state index is 11.3. The van der Waals surface area contributed by atoms with Gasteiger partial charge in [0.1, 0.15) is 0 Å². The van der Waals surface area contributed by atoms with Crippen LogP contribution in [-0.2, 0) is 4.79 Å². The highest BCUT2D eigenvalue weighted by Gasteiger charge is 2.10. The summed E-state index contributed by atoms with van der Waals surface area (Å²) < 4.78 is 0. The monoisotopic (exact) mass is 201 g/mol. The Morgan fingerprint density at radius 1 is 1.50 bits per heavy atom. The summed E-state index contributed by atoms with van der Waals surface area (Å²) in [5.41, 5.74) is 5.65. The summed E-state index contributed by atoms with van der Waals surface area (Å²) in [6.45, 7) is 3.73. The quantitative estimate of drug-likeness (QED) is 0.578. The molecule has 14 heavy (non-hydrogen) atoms. The van der Waals surface area contributed by atoms with E-state index in [2.05, 4.69) is 10.2 Å². The topological polar surface area (TPSA) is 58.4 Å². The van der Waals surface area contributed by atoms with Crippen molar-refractivity contribution in [3.63, 3.8) is 0 Å². The highest BCUT2D eigenvalue weighted by molar-refractivity contribution is 5.81. The summed E-state index contributed by atoms with van der Waals surface area (Å²) in [6, 6.07) is -0.334. The molecule has 1 atom stereocenters. The lowest BCUT2D eigenvalue weighted by atomic mass is 10.2. The molecule has 0 aliphatic carbocycles. The summed E-state index contributed by atoms with van der Waals surface area (Å²) in [5.74, 6) is -0.0226. The molecule has 0 saturated heterocycles. The van der Waals surface area contributed by atoms with Crippen molar-refractivity contribution in [3.05, 3.63) is 0 Å². The van der Waals surface area contributed by atoms with Crippen LogP contribution in [0.25, 0.3) is 0 Å². The van der Waals surface area contributed by atoms with Gasteiger partial charge in [0.25, 0.3) is 0 Å². The molecule has 0 aliphatic heterocycles. The first-order valence-corrected chi connectivity index (χ1v) is 5.26. The predicted octanol–water partition coefficient (Wildman–Crippen LogP) is 0.182. The summed E-state index contributed by atoms with van der Waals surface area (Å²) in [7, 11) is 4.04. The van der Waals surface area contributed by atoms with E-state index in [1.807, 2.05) is 21.0 Å². The summed E-state index contributed by atoms with van der Waals surface area (Å²) in [5, 5.41) is 2.83. The van der Waals surface area contributed by atoms with Crippen molar-refractivity contribution in [2.75, 3.05) is 27.2 Å². The van der Waals surface area contributed by atoms with E-state index in [0.29, 0.717) is 6.54 Å². The summed E-state index contributed by atoms with van der Waals surface area (Å²) in [6.07, 6.45) is 2.68. The Bertz CT molecular complexity index is 159. The standard InChI is InChI=1S/C10H23N3O/c1-4-6-9(11)10(14)12-7-5-8-13(2)3/h9H,4-8,11H2,1-3H3,(H,12,14). The molecular formula is C10H23N3O. The van der Waals surface area contributed by atoms with Crippen LogP contribution in [0, 0.1) is 0 Å².